The molecule has 0 saturated carbocycles. The molecule has 11 heteroatoms. The maximum atomic E-state index is 13.4. The highest BCUT2D eigenvalue weighted by molar-refractivity contribution is 6.21. The summed E-state index contributed by atoms with van der Waals surface area (Å²) in [5.41, 5.74) is 9.74. The van der Waals surface area contributed by atoms with Gasteiger partial charge in [0.25, 0.3) is 0 Å². The van der Waals surface area contributed by atoms with Gasteiger partial charge in [-0.15, -0.1) is 11.6 Å². The molecular formula is C21H39ClN8O2. The van der Waals surface area contributed by atoms with Gasteiger partial charge in [0.2, 0.25) is 5.91 Å². The first-order valence-electron chi connectivity index (χ1n) is 12.1. The van der Waals surface area contributed by atoms with Gasteiger partial charge in [-0.05, 0) is 26.8 Å². The standard InChI is InChI=1S/C21H39ClN8O2/c1-13-9-28(21(2)11-32-12-21)5-6-29(13)16-3-4-24-8-15(16)26-20(31)17-18(23)27-30-10-14(22)7-25-19(17)30/h13-19,24-25,27H,3-12,23H2,1-2H3,(H,26,31)/t13-,14?,15?,16?,17?,18?,19?/m1/s1. The van der Waals surface area contributed by atoms with Crippen LogP contribution in [0.15, 0.2) is 0 Å². The number of piperidine rings is 1. The van der Waals surface area contributed by atoms with E-state index >= 15 is 0 Å². The Bertz CT molecular complexity index is 697. The number of nitrogens with two attached hydrogens (primary N) is 1. The van der Waals surface area contributed by atoms with Crippen LogP contribution < -0.4 is 27.1 Å². The fourth-order valence-electron chi connectivity index (χ4n) is 6.18. The van der Waals surface area contributed by atoms with E-state index in [-0.39, 0.29) is 34.9 Å². The number of alkyl halides is 1. The minimum atomic E-state index is -0.419. The van der Waals surface area contributed by atoms with Crippen LogP contribution in [-0.2, 0) is 9.53 Å². The number of hydrazine groups is 1. The quantitative estimate of drug-likeness (QED) is 0.295. The molecule has 5 fully saturated rings. The van der Waals surface area contributed by atoms with Gasteiger partial charge < -0.3 is 21.1 Å². The van der Waals surface area contributed by atoms with Crippen LogP contribution in [0.3, 0.4) is 0 Å². The fraction of sp³-hybridized carbons (Fsp3) is 0.952. The molecule has 7 atom stereocenters. The van der Waals surface area contributed by atoms with Crippen molar-refractivity contribution in [1.82, 2.24) is 36.2 Å². The van der Waals surface area contributed by atoms with Crippen molar-refractivity contribution in [2.75, 3.05) is 59.0 Å². The average Bonchev–Trinajstić information content (AvgIpc) is 3.07. The van der Waals surface area contributed by atoms with Crippen LogP contribution in [0.25, 0.3) is 0 Å². The first-order valence-corrected chi connectivity index (χ1v) is 12.5. The second kappa shape index (κ2) is 9.24. The SMILES string of the molecule is C[C@@H]1CN(C2(C)COC2)CCN1C1CCNCC1NC(=O)C1C(N)NN2CC(Cl)CNC12. The summed E-state index contributed by atoms with van der Waals surface area (Å²) < 4.78 is 5.49. The van der Waals surface area contributed by atoms with Gasteiger partial charge in [0.05, 0.1) is 48.4 Å². The fourth-order valence-corrected chi connectivity index (χ4v) is 6.42. The number of rotatable bonds is 4. The third kappa shape index (κ3) is 4.30. The molecule has 5 rings (SSSR count). The number of amides is 1. The molecular weight excluding hydrogens is 432 g/mol. The van der Waals surface area contributed by atoms with Gasteiger partial charge in [-0.3, -0.25) is 19.9 Å². The van der Waals surface area contributed by atoms with Crippen LogP contribution in [-0.4, -0.2) is 121 Å². The summed E-state index contributed by atoms with van der Waals surface area (Å²) in [6, 6.07) is 0.838. The molecule has 6 N–H and O–H groups in total. The summed E-state index contributed by atoms with van der Waals surface area (Å²) in [4.78, 5) is 18.6. The van der Waals surface area contributed by atoms with E-state index in [1.165, 1.54) is 0 Å². The Morgan fingerprint density at radius 2 is 2.06 bits per heavy atom. The summed E-state index contributed by atoms with van der Waals surface area (Å²) in [6.07, 6.45) is 0.493. The van der Waals surface area contributed by atoms with Crippen molar-refractivity contribution >= 4 is 17.5 Å². The van der Waals surface area contributed by atoms with Crippen molar-refractivity contribution in [3.63, 3.8) is 0 Å². The largest absolute Gasteiger partial charge is 0.377 e. The number of halogens is 1. The molecule has 5 aliphatic rings. The Labute approximate surface area is 195 Å². The lowest BCUT2D eigenvalue weighted by atomic mass is 9.92. The molecule has 1 amide bonds. The highest BCUT2D eigenvalue weighted by Gasteiger charge is 2.48. The maximum absolute atomic E-state index is 13.4. The molecule has 0 radical (unpaired) electrons. The lowest BCUT2D eigenvalue weighted by Crippen LogP contribution is -2.70. The Hall–Kier alpha value is -0.560. The zero-order valence-electron chi connectivity index (χ0n) is 19.2. The molecule has 0 aromatic rings. The first-order chi connectivity index (χ1) is 15.4. The minimum Gasteiger partial charge on any atom is -0.377 e. The summed E-state index contributed by atoms with van der Waals surface area (Å²) in [7, 11) is 0. The zero-order chi connectivity index (χ0) is 22.5. The highest BCUT2D eigenvalue weighted by Crippen LogP contribution is 2.29. The lowest BCUT2D eigenvalue weighted by molar-refractivity contribution is -0.149. The number of ether oxygens (including phenoxy) is 1. The molecule has 5 aliphatic heterocycles. The average molecular weight is 471 g/mol. The normalized spacial score (nSPS) is 43.4. The molecule has 10 nitrogen and oxygen atoms in total. The third-order valence-electron chi connectivity index (χ3n) is 8.09. The molecule has 0 aromatic heterocycles. The third-order valence-corrected chi connectivity index (χ3v) is 8.38. The molecule has 0 spiro atoms. The van der Waals surface area contributed by atoms with Crippen LogP contribution in [0.2, 0.25) is 0 Å². The number of hydrogen-bond donors (Lipinski definition) is 5. The number of fused-ring (bicyclic) bond motifs is 1. The number of nitrogens with one attached hydrogen (secondary N) is 4. The smallest absolute Gasteiger partial charge is 0.229 e. The molecule has 6 unspecified atom stereocenters. The zero-order valence-corrected chi connectivity index (χ0v) is 20.0. The topological polar surface area (TPSA) is 110 Å². The Kier molecular flexibility index (Phi) is 6.70. The minimum absolute atomic E-state index is 0.00796. The van der Waals surface area contributed by atoms with Crippen LogP contribution in [0.5, 0.6) is 0 Å². The van der Waals surface area contributed by atoms with Gasteiger partial charge in [-0.1, -0.05) is 0 Å². The maximum Gasteiger partial charge on any atom is 0.229 e. The van der Waals surface area contributed by atoms with Crippen molar-refractivity contribution in [2.24, 2.45) is 11.7 Å². The van der Waals surface area contributed by atoms with E-state index in [2.05, 4.69) is 45.0 Å². The van der Waals surface area contributed by atoms with Crippen molar-refractivity contribution in [1.29, 1.82) is 0 Å². The van der Waals surface area contributed by atoms with Crippen molar-refractivity contribution < 1.29 is 9.53 Å². The lowest BCUT2D eigenvalue weighted by Gasteiger charge is -2.54. The summed E-state index contributed by atoms with van der Waals surface area (Å²) in [5.74, 6) is -0.336. The Morgan fingerprint density at radius 3 is 2.78 bits per heavy atom. The molecule has 5 saturated heterocycles. The van der Waals surface area contributed by atoms with Crippen molar-refractivity contribution in [2.45, 2.75) is 61.6 Å². The summed E-state index contributed by atoms with van der Waals surface area (Å²) >= 11 is 6.27. The molecule has 32 heavy (non-hydrogen) atoms. The van der Waals surface area contributed by atoms with Gasteiger partial charge in [0, 0.05) is 51.4 Å². The Morgan fingerprint density at radius 1 is 1.25 bits per heavy atom. The van der Waals surface area contributed by atoms with Crippen molar-refractivity contribution in [3.8, 4) is 0 Å². The van der Waals surface area contributed by atoms with Gasteiger partial charge >= 0.3 is 0 Å². The predicted molar refractivity (Wildman–Crippen MR) is 123 cm³/mol. The van der Waals surface area contributed by atoms with Crippen LogP contribution in [0, 0.1) is 5.92 Å². The monoisotopic (exact) mass is 470 g/mol. The predicted octanol–water partition coefficient (Wildman–Crippen LogP) is -2.11. The van der Waals surface area contributed by atoms with Gasteiger partial charge in [0.1, 0.15) is 0 Å². The van der Waals surface area contributed by atoms with E-state index in [0.717, 1.165) is 52.4 Å². The van der Waals surface area contributed by atoms with E-state index in [1.54, 1.807) is 0 Å². The van der Waals surface area contributed by atoms with Gasteiger partial charge in [-0.2, -0.15) is 0 Å². The van der Waals surface area contributed by atoms with Gasteiger partial charge in [-0.25, -0.2) is 10.4 Å². The van der Waals surface area contributed by atoms with Crippen LogP contribution in [0.4, 0.5) is 0 Å². The van der Waals surface area contributed by atoms with E-state index in [4.69, 9.17) is 22.1 Å². The second-order valence-corrected chi connectivity index (χ2v) is 11.1. The molecule has 0 aliphatic carbocycles. The van der Waals surface area contributed by atoms with E-state index in [9.17, 15) is 4.79 Å². The van der Waals surface area contributed by atoms with E-state index < -0.39 is 6.17 Å². The Balaban J connectivity index is 1.23. The molecule has 5 heterocycles. The van der Waals surface area contributed by atoms with Gasteiger partial charge in [0.15, 0.2) is 0 Å². The second-order valence-electron chi connectivity index (χ2n) is 10.5. The first kappa shape index (κ1) is 23.2. The molecule has 0 bridgehead atoms. The molecule has 182 valence electrons. The number of hydrogen-bond acceptors (Lipinski definition) is 9. The summed E-state index contributed by atoms with van der Waals surface area (Å²) in [5, 5.41) is 12.2. The van der Waals surface area contributed by atoms with E-state index in [1.807, 2.05) is 5.01 Å². The number of carbonyl (C=O) groups is 1. The summed E-state index contributed by atoms with van der Waals surface area (Å²) in [6.45, 7) is 12.5. The van der Waals surface area contributed by atoms with Crippen LogP contribution in [0.1, 0.15) is 20.3 Å². The molecule has 0 aromatic carbocycles. The van der Waals surface area contributed by atoms with Crippen LogP contribution >= 0.6 is 11.6 Å². The van der Waals surface area contributed by atoms with Crippen molar-refractivity contribution in [3.05, 3.63) is 0 Å². The van der Waals surface area contributed by atoms with E-state index in [0.29, 0.717) is 25.2 Å². The number of nitrogens with zero attached hydrogens (tertiary/aromatic N) is 3. The number of piperazine rings is 1. The highest BCUT2D eigenvalue weighted by atomic mass is 35.5. The number of carbonyl (C=O) groups excluding carboxylic acids is 1.